The number of benzene rings is 2. The van der Waals surface area contributed by atoms with E-state index >= 15 is 0 Å². The van der Waals surface area contributed by atoms with Crippen LogP contribution in [0, 0.1) is 6.92 Å². The van der Waals surface area contributed by atoms with Crippen molar-refractivity contribution in [3.63, 3.8) is 0 Å². The number of nitrogens with one attached hydrogen (secondary N) is 2. The maximum Gasteiger partial charge on any atom is 0.284 e. The summed E-state index contributed by atoms with van der Waals surface area (Å²) in [6.07, 6.45) is 0.410. The van der Waals surface area contributed by atoms with Gasteiger partial charge >= 0.3 is 0 Å². The van der Waals surface area contributed by atoms with E-state index in [9.17, 15) is 9.59 Å². The largest absolute Gasteiger partial charge is 0.343 e. The highest BCUT2D eigenvalue weighted by atomic mass is 35.5. The number of halogens is 1. The van der Waals surface area contributed by atoms with Gasteiger partial charge in [0.15, 0.2) is 5.43 Å². The minimum atomic E-state index is -0.361. The Balaban J connectivity index is 1.90. The van der Waals surface area contributed by atoms with Crippen molar-refractivity contribution in [1.82, 2.24) is 14.8 Å². The first-order chi connectivity index (χ1) is 12.5. The van der Waals surface area contributed by atoms with Crippen LogP contribution in [0.15, 0.2) is 64.2 Å². The Labute approximate surface area is 153 Å². The zero-order chi connectivity index (χ0) is 18.3. The molecule has 4 rings (SSSR count). The number of aromatic amines is 2. The molecule has 4 aromatic rings. The summed E-state index contributed by atoms with van der Waals surface area (Å²) in [7, 11) is 0. The quantitative estimate of drug-likeness (QED) is 0.582. The number of nitrogens with zero attached hydrogens (tertiary/aromatic N) is 1. The van der Waals surface area contributed by atoms with Gasteiger partial charge in [0, 0.05) is 22.7 Å². The van der Waals surface area contributed by atoms with Crippen LogP contribution in [0.3, 0.4) is 0 Å². The monoisotopic (exact) mass is 365 g/mol. The summed E-state index contributed by atoms with van der Waals surface area (Å²) in [4.78, 5) is 29.0. The number of hydrogen-bond acceptors (Lipinski definition) is 2. The van der Waals surface area contributed by atoms with Gasteiger partial charge in [-0.3, -0.25) is 14.7 Å². The van der Waals surface area contributed by atoms with Crippen LogP contribution in [0.1, 0.15) is 16.8 Å². The molecule has 2 aromatic carbocycles. The second-order valence-electron chi connectivity index (χ2n) is 6.20. The van der Waals surface area contributed by atoms with Crippen LogP contribution >= 0.6 is 11.6 Å². The molecular weight excluding hydrogens is 350 g/mol. The molecule has 0 aliphatic heterocycles. The lowest BCUT2D eigenvalue weighted by Crippen LogP contribution is -2.21. The van der Waals surface area contributed by atoms with Gasteiger partial charge in [-0.2, -0.15) is 0 Å². The summed E-state index contributed by atoms with van der Waals surface area (Å²) in [6, 6.07) is 16.5. The second kappa shape index (κ2) is 6.35. The molecule has 0 atom stereocenters. The fraction of sp³-hybridized carbons (Fsp3) is 0.100. The Hall–Kier alpha value is -3.05. The van der Waals surface area contributed by atoms with Gasteiger partial charge in [-0.05, 0) is 36.8 Å². The maximum absolute atomic E-state index is 13.0. The third kappa shape index (κ3) is 2.76. The van der Waals surface area contributed by atoms with Crippen molar-refractivity contribution >= 4 is 22.6 Å². The van der Waals surface area contributed by atoms with Crippen LogP contribution in [0.2, 0.25) is 5.02 Å². The van der Waals surface area contributed by atoms with Crippen molar-refractivity contribution < 1.29 is 0 Å². The van der Waals surface area contributed by atoms with Crippen LogP contribution in [0.4, 0.5) is 0 Å². The van der Waals surface area contributed by atoms with E-state index in [1.54, 1.807) is 18.2 Å². The first-order valence-electron chi connectivity index (χ1n) is 8.21. The number of aryl methyl sites for hydroxylation is 1. The zero-order valence-electron chi connectivity index (χ0n) is 14.0. The molecule has 6 heteroatoms. The zero-order valence-corrected chi connectivity index (χ0v) is 14.8. The van der Waals surface area contributed by atoms with Crippen molar-refractivity contribution in [2.45, 2.75) is 13.3 Å². The lowest BCUT2D eigenvalue weighted by molar-refractivity contribution is 0.857. The Morgan fingerprint density at radius 1 is 1.04 bits per heavy atom. The van der Waals surface area contributed by atoms with Crippen LogP contribution in [-0.2, 0) is 6.42 Å². The summed E-state index contributed by atoms with van der Waals surface area (Å²) in [6.45, 7) is 1.83. The number of para-hydroxylation sites is 1. The van der Waals surface area contributed by atoms with Crippen LogP contribution in [-0.4, -0.2) is 14.8 Å². The van der Waals surface area contributed by atoms with E-state index in [4.69, 9.17) is 11.6 Å². The van der Waals surface area contributed by atoms with Gasteiger partial charge < -0.3 is 4.98 Å². The van der Waals surface area contributed by atoms with Gasteiger partial charge in [0.25, 0.3) is 5.56 Å². The van der Waals surface area contributed by atoms with Gasteiger partial charge in [0.2, 0.25) is 0 Å². The van der Waals surface area contributed by atoms with Crippen LogP contribution in [0.25, 0.3) is 16.7 Å². The minimum Gasteiger partial charge on any atom is -0.343 e. The molecule has 5 nitrogen and oxygen atoms in total. The first kappa shape index (κ1) is 16.4. The lowest BCUT2D eigenvalue weighted by Gasteiger charge is -2.06. The number of H-pyrrole nitrogens is 2. The topological polar surface area (TPSA) is 70.7 Å². The fourth-order valence-corrected chi connectivity index (χ4v) is 3.36. The Morgan fingerprint density at radius 3 is 2.54 bits per heavy atom. The number of rotatable bonds is 3. The number of fused-ring (bicyclic) bond motifs is 1. The van der Waals surface area contributed by atoms with Gasteiger partial charge in [0.1, 0.15) is 11.0 Å². The highest BCUT2D eigenvalue weighted by Crippen LogP contribution is 2.16. The molecule has 0 fully saturated rings. The third-order valence-corrected chi connectivity index (χ3v) is 4.68. The molecular formula is C20H16ClN3O2. The molecule has 0 spiro atoms. The van der Waals surface area contributed by atoms with Crippen molar-refractivity contribution in [3.8, 4) is 5.69 Å². The van der Waals surface area contributed by atoms with Gasteiger partial charge in [-0.25, -0.2) is 4.68 Å². The molecule has 2 aromatic heterocycles. The summed E-state index contributed by atoms with van der Waals surface area (Å²) in [5.74, 6) is 0. The predicted molar refractivity (Wildman–Crippen MR) is 104 cm³/mol. The van der Waals surface area contributed by atoms with E-state index in [0.717, 1.165) is 11.3 Å². The third-order valence-electron chi connectivity index (χ3n) is 4.44. The number of hydrogen-bond donors (Lipinski definition) is 2. The van der Waals surface area contributed by atoms with E-state index in [1.165, 1.54) is 4.68 Å². The average Bonchev–Trinajstić information content (AvgIpc) is 2.96. The molecule has 0 aliphatic rings. The fourth-order valence-electron chi connectivity index (χ4n) is 3.15. The van der Waals surface area contributed by atoms with Gasteiger partial charge in [0.05, 0.1) is 5.69 Å². The highest BCUT2D eigenvalue weighted by molar-refractivity contribution is 6.30. The van der Waals surface area contributed by atoms with E-state index < -0.39 is 0 Å². The smallest absolute Gasteiger partial charge is 0.284 e. The van der Waals surface area contributed by atoms with Crippen LogP contribution in [0.5, 0.6) is 0 Å². The van der Waals surface area contributed by atoms with E-state index in [2.05, 4.69) is 10.1 Å². The van der Waals surface area contributed by atoms with Crippen molar-refractivity contribution in [1.29, 1.82) is 0 Å². The van der Waals surface area contributed by atoms with Gasteiger partial charge in [-0.15, -0.1) is 0 Å². The summed E-state index contributed by atoms with van der Waals surface area (Å²) >= 11 is 6.04. The summed E-state index contributed by atoms with van der Waals surface area (Å²) in [5.41, 5.74) is 2.70. The second-order valence-corrected chi connectivity index (χ2v) is 6.64. The van der Waals surface area contributed by atoms with Crippen molar-refractivity contribution in [2.24, 2.45) is 0 Å². The van der Waals surface area contributed by atoms with E-state index in [-0.39, 0.29) is 16.4 Å². The molecule has 0 saturated heterocycles. The first-order valence-corrected chi connectivity index (χ1v) is 8.59. The van der Waals surface area contributed by atoms with E-state index in [1.807, 2.05) is 43.3 Å². The normalized spacial score (nSPS) is 11.2. The molecule has 0 amide bonds. The molecule has 0 aliphatic carbocycles. The van der Waals surface area contributed by atoms with Gasteiger partial charge in [-0.1, -0.05) is 41.9 Å². The molecule has 0 saturated carbocycles. The molecule has 0 unspecified atom stereocenters. The number of aromatic nitrogens is 3. The molecule has 26 heavy (non-hydrogen) atoms. The maximum atomic E-state index is 13.0. The van der Waals surface area contributed by atoms with Crippen molar-refractivity contribution in [3.05, 3.63) is 97.0 Å². The molecule has 0 bridgehead atoms. The summed E-state index contributed by atoms with van der Waals surface area (Å²) < 4.78 is 1.38. The molecule has 2 heterocycles. The average molecular weight is 366 g/mol. The van der Waals surface area contributed by atoms with E-state index in [0.29, 0.717) is 28.3 Å². The summed E-state index contributed by atoms with van der Waals surface area (Å²) in [5, 5.41) is 3.74. The van der Waals surface area contributed by atoms with Crippen molar-refractivity contribution in [2.75, 3.05) is 0 Å². The highest BCUT2D eigenvalue weighted by Gasteiger charge is 2.17. The Kier molecular flexibility index (Phi) is 4.01. The number of pyridine rings is 1. The predicted octanol–water partition coefficient (Wildman–Crippen LogP) is 3.56. The SMILES string of the molecule is Cc1[nH]c2[nH]n(-c3ccccc3)c(=O)c2c(=O)c1Cc1cccc(Cl)c1. The molecule has 0 radical (unpaired) electrons. The Morgan fingerprint density at radius 2 is 1.81 bits per heavy atom. The molecule has 130 valence electrons. The Bertz CT molecular complexity index is 1220. The minimum absolute atomic E-state index is 0.136. The van der Waals surface area contributed by atoms with Crippen LogP contribution < -0.4 is 11.0 Å². The molecule has 2 N–H and O–H groups in total. The lowest BCUT2D eigenvalue weighted by atomic mass is 10.0. The standard InChI is InChI=1S/C20H16ClN3O2/c1-12-16(11-13-6-5-7-14(21)10-13)18(25)17-19(22-12)23-24(20(17)26)15-8-3-2-4-9-15/h2-10H,11H2,1H3,(H2,22,23,25).